The highest BCUT2D eigenvalue weighted by atomic mass is 127. The highest BCUT2D eigenvalue weighted by Crippen LogP contribution is 2.27. The number of hydrogen-bond donors (Lipinski definition) is 2. The van der Waals surface area contributed by atoms with Gasteiger partial charge in [-0.15, -0.1) is 24.0 Å². The third kappa shape index (κ3) is 7.16. The molecule has 0 saturated carbocycles. The molecule has 0 saturated heterocycles. The largest absolute Gasteiger partial charge is 0.497 e. The molecule has 2 N–H and O–H groups in total. The number of guanidine groups is 1. The fourth-order valence-corrected chi connectivity index (χ4v) is 2.47. The maximum atomic E-state index is 5.54. The maximum Gasteiger partial charge on any atom is 0.191 e. The molecule has 0 aliphatic carbocycles. The van der Waals surface area contributed by atoms with Crippen molar-refractivity contribution in [2.45, 2.75) is 20.0 Å². The number of nitrogens with one attached hydrogen (secondary N) is 2. The fraction of sp³-hybridized carbons (Fsp3) is 0.350. The Morgan fingerprint density at radius 1 is 0.926 bits per heavy atom. The summed E-state index contributed by atoms with van der Waals surface area (Å²) >= 11 is 0. The molecule has 0 bridgehead atoms. The van der Waals surface area contributed by atoms with Crippen LogP contribution in [0.1, 0.15) is 18.1 Å². The van der Waals surface area contributed by atoms with Gasteiger partial charge in [0.2, 0.25) is 0 Å². The Morgan fingerprint density at radius 2 is 1.63 bits per heavy atom. The summed E-state index contributed by atoms with van der Waals surface area (Å²) in [6, 6.07) is 13.8. The van der Waals surface area contributed by atoms with Crippen molar-refractivity contribution in [2.24, 2.45) is 4.99 Å². The number of aliphatic imine (C=N–C) groups is 1. The average Bonchev–Trinajstić information content (AvgIpc) is 2.69. The van der Waals surface area contributed by atoms with Crippen LogP contribution in [0.2, 0.25) is 0 Å². The summed E-state index contributed by atoms with van der Waals surface area (Å²) in [5.74, 6) is 3.04. The first-order valence-corrected chi connectivity index (χ1v) is 8.57. The van der Waals surface area contributed by atoms with Crippen molar-refractivity contribution in [1.82, 2.24) is 10.6 Å². The quantitative estimate of drug-likeness (QED) is 0.340. The Hall–Kier alpha value is -2.16. The van der Waals surface area contributed by atoms with E-state index in [9.17, 15) is 0 Å². The van der Waals surface area contributed by atoms with Gasteiger partial charge in [-0.05, 0) is 42.3 Å². The smallest absolute Gasteiger partial charge is 0.191 e. The number of halogens is 1. The Balaban J connectivity index is 0.00000364. The van der Waals surface area contributed by atoms with Crippen LogP contribution in [0.25, 0.3) is 0 Å². The molecule has 0 radical (unpaired) electrons. The van der Waals surface area contributed by atoms with Crippen LogP contribution in [0.3, 0.4) is 0 Å². The van der Waals surface area contributed by atoms with Crippen molar-refractivity contribution in [3.05, 3.63) is 53.6 Å². The van der Waals surface area contributed by atoms with Crippen molar-refractivity contribution in [1.29, 1.82) is 0 Å². The number of hydrogen-bond acceptors (Lipinski definition) is 4. The first-order valence-electron chi connectivity index (χ1n) is 8.57. The SMILES string of the molecule is CCOc1ccc(CNC(=NC)NCc2cccc(OC)c2)cc1OC.I. The third-order valence-corrected chi connectivity index (χ3v) is 3.81. The van der Waals surface area contributed by atoms with Gasteiger partial charge in [0.25, 0.3) is 0 Å². The number of benzene rings is 2. The highest BCUT2D eigenvalue weighted by Gasteiger charge is 2.06. The van der Waals surface area contributed by atoms with Crippen molar-refractivity contribution in [3.8, 4) is 17.2 Å². The van der Waals surface area contributed by atoms with Crippen LogP contribution in [0.5, 0.6) is 17.2 Å². The van der Waals surface area contributed by atoms with E-state index in [1.54, 1.807) is 21.3 Å². The van der Waals surface area contributed by atoms with Crippen molar-refractivity contribution in [3.63, 3.8) is 0 Å². The normalized spacial score (nSPS) is 10.6. The van der Waals surface area contributed by atoms with Gasteiger partial charge in [0.05, 0.1) is 20.8 Å². The molecule has 2 rings (SSSR count). The van der Waals surface area contributed by atoms with Crippen LogP contribution in [0.4, 0.5) is 0 Å². The summed E-state index contributed by atoms with van der Waals surface area (Å²) < 4.78 is 16.2. The number of methoxy groups -OCH3 is 2. The standard InChI is InChI=1S/C20H27N3O3.HI/c1-5-26-18-10-9-16(12-19(18)25-4)14-23-20(21-2)22-13-15-7-6-8-17(11-15)24-3;/h6-12H,5,13-14H2,1-4H3,(H2,21,22,23);1H. The minimum Gasteiger partial charge on any atom is -0.497 e. The molecule has 2 aromatic carbocycles. The number of ether oxygens (including phenoxy) is 3. The van der Waals surface area contributed by atoms with Gasteiger partial charge < -0.3 is 24.8 Å². The van der Waals surface area contributed by atoms with E-state index in [-0.39, 0.29) is 24.0 Å². The molecular formula is C20H28IN3O3. The van der Waals surface area contributed by atoms with Gasteiger partial charge >= 0.3 is 0 Å². The molecule has 27 heavy (non-hydrogen) atoms. The molecule has 7 heteroatoms. The topological polar surface area (TPSA) is 64.1 Å². The van der Waals surface area contributed by atoms with Crippen LogP contribution in [0.15, 0.2) is 47.5 Å². The molecule has 0 atom stereocenters. The molecule has 6 nitrogen and oxygen atoms in total. The number of rotatable bonds is 8. The van der Waals surface area contributed by atoms with Gasteiger partial charge in [0, 0.05) is 20.1 Å². The Bertz CT molecular complexity index is 738. The van der Waals surface area contributed by atoms with Crippen molar-refractivity contribution in [2.75, 3.05) is 27.9 Å². The predicted octanol–water partition coefficient (Wildman–Crippen LogP) is 3.59. The van der Waals surface area contributed by atoms with Gasteiger partial charge in [0.1, 0.15) is 5.75 Å². The number of nitrogens with zero attached hydrogens (tertiary/aromatic N) is 1. The van der Waals surface area contributed by atoms with Crippen LogP contribution < -0.4 is 24.8 Å². The molecule has 0 unspecified atom stereocenters. The maximum absolute atomic E-state index is 5.54. The molecule has 0 spiro atoms. The molecule has 2 aromatic rings. The Morgan fingerprint density at radius 3 is 2.22 bits per heavy atom. The lowest BCUT2D eigenvalue weighted by Crippen LogP contribution is -2.36. The fourth-order valence-electron chi connectivity index (χ4n) is 2.47. The molecule has 148 valence electrons. The van der Waals surface area contributed by atoms with Gasteiger partial charge in [-0.3, -0.25) is 4.99 Å². The second-order valence-corrected chi connectivity index (χ2v) is 5.55. The molecule has 0 heterocycles. The van der Waals surface area contributed by atoms with Crippen LogP contribution in [0, 0.1) is 0 Å². The molecule has 0 amide bonds. The van der Waals surface area contributed by atoms with Crippen LogP contribution in [-0.4, -0.2) is 33.8 Å². The zero-order valence-electron chi connectivity index (χ0n) is 16.2. The first-order chi connectivity index (χ1) is 12.7. The van der Waals surface area contributed by atoms with Gasteiger partial charge in [-0.25, -0.2) is 0 Å². The lowest BCUT2D eigenvalue weighted by atomic mass is 10.2. The van der Waals surface area contributed by atoms with E-state index in [1.165, 1.54) is 0 Å². The summed E-state index contributed by atoms with van der Waals surface area (Å²) in [7, 11) is 5.06. The van der Waals surface area contributed by atoms with Crippen LogP contribution in [-0.2, 0) is 13.1 Å². The zero-order chi connectivity index (χ0) is 18.8. The highest BCUT2D eigenvalue weighted by molar-refractivity contribution is 14.0. The van der Waals surface area contributed by atoms with Gasteiger partial charge in [0.15, 0.2) is 17.5 Å². The summed E-state index contributed by atoms with van der Waals surface area (Å²) in [4.78, 5) is 4.26. The molecule has 0 aromatic heterocycles. The van der Waals surface area contributed by atoms with E-state index in [4.69, 9.17) is 14.2 Å². The van der Waals surface area contributed by atoms with E-state index in [2.05, 4.69) is 15.6 Å². The van der Waals surface area contributed by atoms with E-state index >= 15 is 0 Å². The molecular weight excluding hydrogens is 457 g/mol. The lowest BCUT2D eigenvalue weighted by molar-refractivity contribution is 0.310. The molecule has 0 fully saturated rings. The van der Waals surface area contributed by atoms with Gasteiger partial charge in [-0.1, -0.05) is 18.2 Å². The average molecular weight is 485 g/mol. The lowest BCUT2D eigenvalue weighted by Gasteiger charge is -2.14. The second kappa shape index (κ2) is 12.3. The summed E-state index contributed by atoms with van der Waals surface area (Å²) in [6.45, 7) is 3.84. The molecule has 0 aliphatic rings. The van der Waals surface area contributed by atoms with Crippen molar-refractivity contribution < 1.29 is 14.2 Å². The Kier molecular flexibility index (Phi) is 10.4. The van der Waals surface area contributed by atoms with Crippen molar-refractivity contribution >= 4 is 29.9 Å². The minimum absolute atomic E-state index is 0. The predicted molar refractivity (Wildman–Crippen MR) is 120 cm³/mol. The molecule has 0 aliphatic heterocycles. The summed E-state index contributed by atoms with van der Waals surface area (Å²) in [5.41, 5.74) is 2.20. The first kappa shape index (κ1) is 22.9. The summed E-state index contributed by atoms with van der Waals surface area (Å²) in [5, 5.41) is 6.59. The van der Waals surface area contributed by atoms with E-state index in [0.717, 1.165) is 34.3 Å². The van der Waals surface area contributed by atoms with Crippen LogP contribution >= 0.6 is 24.0 Å². The van der Waals surface area contributed by atoms with Gasteiger partial charge in [-0.2, -0.15) is 0 Å². The van der Waals surface area contributed by atoms with E-state index in [1.807, 2.05) is 49.4 Å². The second-order valence-electron chi connectivity index (χ2n) is 5.55. The minimum atomic E-state index is 0. The Labute approximate surface area is 178 Å². The third-order valence-electron chi connectivity index (χ3n) is 3.81. The summed E-state index contributed by atoms with van der Waals surface area (Å²) in [6.07, 6.45) is 0. The zero-order valence-corrected chi connectivity index (χ0v) is 18.6. The van der Waals surface area contributed by atoms with E-state index in [0.29, 0.717) is 19.7 Å². The monoisotopic (exact) mass is 485 g/mol. The van der Waals surface area contributed by atoms with E-state index < -0.39 is 0 Å².